The van der Waals surface area contributed by atoms with Crippen LogP contribution in [0.1, 0.15) is 41.1 Å². The third-order valence-electron chi connectivity index (χ3n) is 5.69. The Morgan fingerprint density at radius 2 is 1.97 bits per heavy atom. The summed E-state index contributed by atoms with van der Waals surface area (Å²) in [5.74, 6) is 0. The standard InChI is InChI=1S/C23H24Cl2N4OS/c1-14-12-17(15(2)29(14)20-8-7-16(24)13-18(20)25)22-21(19-6-3-4-9-26-19)27-23(31)28(22)10-5-11-30/h3-4,6-9,12-13,21-22,30H,5,10-11H2,1-2H3,(H,27,31)/t21-,22-/m0/s1. The predicted octanol–water partition coefficient (Wildman–Crippen LogP) is 5.15. The molecule has 2 N–H and O–H groups in total. The van der Waals surface area contributed by atoms with Gasteiger partial charge in [0.1, 0.15) is 0 Å². The highest BCUT2D eigenvalue weighted by atomic mass is 35.5. The third kappa shape index (κ3) is 4.17. The quantitative estimate of drug-likeness (QED) is 0.483. The van der Waals surface area contributed by atoms with E-state index >= 15 is 0 Å². The molecule has 3 heterocycles. The maximum Gasteiger partial charge on any atom is 0.170 e. The lowest BCUT2D eigenvalue weighted by Crippen LogP contribution is -2.31. The zero-order valence-electron chi connectivity index (χ0n) is 17.3. The Bertz CT molecular complexity index is 1100. The topological polar surface area (TPSA) is 53.3 Å². The lowest BCUT2D eigenvalue weighted by Gasteiger charge is -2.28. The van der Waals surface area contributed by atoms with Crippen LogP contribution in [-0.2, 0) is 0 Å². The van der Waals surface area contributed by atoms with E-state index in [1.54, 1.807) is 12.3 Å². The van der Waals surface area contributed by atoms with Crippen LogP contribution in [0.15, 0.2) is 48.7 Å². The second-order valence-corrected chi connectivity index (χ2v) is 8.89. The fraction of sp³-hybridized carbons (Fsp3) is 0.304. The molecule has 2 aromatic heterocycles. The van der Waals surface area contributed by atoms with Gasteiger partial charge in [-0.3, -0.25) is 4.98 Å². The Morgan fingerprint density at radius 3 is 2.65 bits per heavy atom. The number of rotatable bonds is 6. The van der Waals surface area contributed by atoms with Gasteiger partial charge in [0, 0.05) is 35.8 Å². The number of pyridine rings is 1. The van der Waals surface area contributed by atoms with E-state index in [1.165, 1.54) is 0 Å². The molecule has 2 atom stereocenters. The lowest BCUT2D eigenvalue weighted by atomic mass is 9.96. The number of hydrogen-bond acceptors (Lipinski definition) is 3. The number of nitrogens with one attached hydrogen (secondary N) is 1. The Morgan fingerprint density at radius 1 is 1.16 bits per heavy atom. The van der Waals surface area contributed by atoms with Crippen molar-refractivity contribution in [3.05, 3.63) is 81.4 Å². The minimum absolute atomic E-state index is 0.0556. The second-order valence-electron chi connectivity index (χ2n) is 7.65. The van der Waals surface area contributed by atoms with E-state index in [0.717, 1.165) is 28.3 Å². The zero-order valence-corrected chi connectivity index (χ0v) is 19.7. The second kappa shape index (κ2) is 9.17. The summed E-state index contributed by atoms with van der Waals surface area (Å²) in [4.78, 5) is 6.74. The van der Waals surface area contributed by atoms with Crippen LogP contribution in [-0.4, -0.2) is 37.8 Å². The summed E-state index contributed by atoms with van der Waals surface area (Å²) >= 11 is 18.3. The van der Waals surface area contributed by atoms with Gasteiger partial charge >= 0.3 is 0 Å². The number of aliphatic hydroxyl groups excluding tert-OH is 1. The molecule has 1 fully saturated rings. The Balaban J connectivity index is 1.83. The molecule has 3 aromatic rings. The monoisotopic (exact) mass is 474 g/mol. The fourth-order valence-electron chi connectivity index (χ4n) is 4.35. The van der Waals surface area contributed by atoms with Crippen molar-refractivity contribution in [2.24, 2.45) is 0 Å². The van der Waals surface area contributed by atoms with Crippen molar-refractivity contribution in [1.82, 2.24) is 19.8 Å². The van der Waals surface area contributed by atoms with Crippen LogP contribution < -0.4 is 5.32 Å². The molecule has 8 heteroatoms. The van der Waals surface area contributed by atoms with E-state index in [9.17, 15) is 5.11 Å². The first kappa shape index (κ1) is 22.1. The van der Waals surface area contributed by atoms with Crippen molar-refractivity contribution in [2.75, 3.05) is 13.2 Å². The molecule has 1 aliphatic heterocycles. The number of thiocarbonyl (C=S) groups is 1. The molecule has 0 amide bonds. The van der Waals surface area contributed by atoms with Crippen molar-refractivity contribution < 1.29 is 5.11 Å². The highest BCUT2D eigenvalue weighted by molar-refractivity contribution is 7.80. The molecular formula is C23H24Cl2N4OS. The summed E-state index contributed by atoms with van der Waals surface area (Å²) in [6, 6.07) is 13.5. The summed E-state index contributed by atoms with van der Waals surface area (Å²) in [6.07, 6.45) is 2.43. The lowest BCUT2D eigenvalue weighted by molar-refractivity contribution is 0.247. The third-order valence-corrected chi connectivity index (χ3v) is 6.58. The first-order chi connectivity index (χ1) is 14.9. The first-order valence-corrected chi connectivity index (χ1v) is 11.3. The zero-order chi connectivity index (χ0) is 22.1. The van der Waals surface area contributed by atoms with E-state index in [0.29, 0.717) is 28.1 Å². The Labute approximate surface area is 197 Å². The maximum absolute atomic E-state index is 9.42. The molecule has 162 valence electrons. The molecule has 0 aliphatic carbocycles. The summed E-state index contributed by atoms with van der Waals surface area (Å²) in [5, 5.41) is 14.7. The molecule has 0 radical (unpaired) electrons. The van der Waals surface area contributed by atoms with Crippen LogP contribution in [0, 0.1) is 13.8 Å². The SMILES string of the molecule is Cc1cc([C@H]2[C@H](c3ccccn3)NC(=S)N2CCCO)c(C)n1-c1ccc(Cl)cc1Cl. The van der Waals surface area contributed by atoms with Gasteiger partial charge in [0.2, 0.25) is 0 Å². The van der Waals surface area contributed by atoms with Gasteiger partial charge in [0.25, 0.3) is 0 Å². The maximum atomic E-state index is 9.42. The van der Waals surface area contributed by atoms with Gasteiger partial charge in [-0.25, -0.2) is 0 Å². The fourth-order valence-corrected chi connectivity index (χ4v) is 5.17. The minimum atomic E-state index is -0.0953. The molecule has 0 bridgehead atoms. The Kier molecular flexibility index (Phi) is 6.53. The van der Waals surface area contributed by atoms with Gasteiger partial charge in [-0.15, -0.1) is 0 Å². The van der Waals surface area contributed by atoms with Crippen molar-refractivity contribution in [3.63, 3.8) is 0 Å². The van der Waals surface area contributed by atoms with Gasteiger partial charge in [0.15, 0.2) is 5.11 Å². The minimum Gasteiger partial charge on any atom is -0.396 e. The number of halogens is 2. The van der Waals surface area contributed by atoms with Crippen LogP contribution in [0.25, 0.3) is 5.69 Å². The smallest absolute Gasteiger partial charge is 0.170 e. The van der Waals surface area contributed by atoms with E-state index < -0.39 is 0 Å². The average Bonchev–Trinajstić information content (AvgIpc) is 3.23. The van der Waals surface area contributed by atoms with Gasteiger partial charge in [-0.2, -0.15) is 0 Å². The average molecular weight is 475 g/mol. The number of benzene rings is 1. The molecule has 31 heavy (non-hydrogen) atoms. The van der Waals surface area contributed by atoms with Crippen LogP contribution in [0.5, 0.6) is 0 Å². The van der Waals surface area contributed by atoms with Gasteiger partial charge < -0.3 is 19.9 Å². The van der Waals surface area contributed by atoms with Gasteiger partial charge in [-0.1, -0.05) is 29.3 Å². The molecule has 1 aromatic carbocycles. The summed E-state index contributed by atoms with van der Waals surface area (Å²) < 4.78 is 2.15. The molecule has 1 saturated heterocycles. The van der Waals surface area contributed by atoms with Crippen molar-refractivity contribution in [3.8, 4) is 5.69 Å². The van der Waals surface area contributed by atoms with Crippen molar-refractivity contribution in [2.45, 2.75) is 32.4 Å². The molecule has 5 nitrogen and oxygen atoms in total. The Hall–Kier alpha value is -2.12. The molecule has 0 unspecified atom stereocenters. The first-order valence-electron chi connectivity index (χ1n) is 10.2. The number of aromatic nitrogens is 2. The van der Waals surface area contributed by atoms with Gasteiger partial charge in [0.05, 0.1) is 28.5 Å². The highest BCUT2D eigenvalue weighted by Gasteiger charge is 2.41. The molecule has 1 aliphatic rings. The molecule has 4 rings (SSSR count). The molecule has 0 spiro atoms. The van der Waals surface area contributed by atoms with Crippen LogP contribution in [0.4, 0.5) is 0 Å². The van der Waals surface area contributed by atoms with Crippen LogP contribution >= 0.6 is 35.4 Å². The summed E-state index contributed by atoms with van der Waals surface area (Å²) in [6.45, 7) is 4.92. The normalized spacial score (nSPS) is 18.5. The van der Waals surface area contributed by atoms with Crippen LogP contribution in [0.2, 0.25) is 10.0 Å². The van der Waals surface area contributed by atoms with Crippen molar-refractivity contribution >= 4 is 40.5 Å². The van der Waals surface area contributed by atoms with E-state index in [4.69, 9.17) is 35.4 Å². The molecular weight excluding hydrogens is 451 g/mol. The molecule has 0 saturated carbocycles. The highest BCUT2D eigenvalue weighted by Crippen LogP contribution is 2.42. The van der Waals surface area contributed by atoms with E-state index in [1.807, 2.05) is 30.3 Å². The van der Waals surface area contributed by atoms with Crippen molar-refractivity contribution in [1.29, 1.82) is 0 Å². The number of aliphatic hydroxyl groups is 1. The summed E-state index contributed by atoms with van der Waals surface area (Å²) in [5.41, 5.74) is 5.10. The summed E-state index contributed by atoms with van der Waals surface area (Å²) in [7, 11) is 0. The number of hydrogen-bond donors (Lipinski definition) is 2. The predicted molar refractivity (Wildman–Crippen MR) is 129 cm³/mol. The number of nitrogens with zero attached hydrogens (tertiary/aromatic N) is 3. The van der Waals surface area contributed by atoms with E-state index in [2.05, 4.69) is 39.7 Å². The van der Waals surface area contributed by atoms with E-state index in [-0.39, 0.29) is 18.7 Å². The van der Waals surface area contributed by atoms with Gasteiger partial charge in [-0.05, 0) is 74.4 Å². The number of aryl methyl sites for hydroxylation is 1. The van der Waals surface area contributed by atoms with Crippen LogP contribution in [0.3, 0.4) is 0 Å². The largest absolute Gasteiger partial charge is 0.396 e.